The highest BCUT2D eigenvalue weighted by Crippen LogP contribution is 2.29. The Labute approximate surface area is 226 Å². The van der Waals surface area contributed by atoms with Crippen molar-refractivity contribution in [2.45, 2.75) is 70.1 Å². The minimum Gasteiger partial charge on any atom is -0.496 e. The first-order chi connectivity index (χ1) is 18.0. The molecule has 6 heteroatoms. The number of carbonyl (C=O) groups excluding carboxylic acids is 2. The molecule has 3 aromatic carbocycles. The van der Waals surface area contributed by atoms with Gasteiger partial charge in [-0.05, 0) is 69.4 Å². The van der Waals surface area contributed by atoms with Gasteiger partial charge in [-0.2, -0.15) is 0 Å². The van der Waals surface area contributed by atoms with Crippen molar-refractivity contribution in [1.82, 2.24) is 16.0 Å². The molecule has 0 bridgehead atoms. The van der Waals surface area contributed by atoms with Crippen molar-refractivity contribution in [2.24, 2.45) is 0 Å². The Hall–Kier alpha value is -3.64. The zero-order valence-electron chi connectivity index (χ0n) is 23.0. The lowest BCUT2D eigenvalue weighted by molar-refractivity contribution is -0.124. The smallest absolute Gasteiger partial charge is 0.255 e. The van der Waals surface area contributed by atoms with E-state index in [4.69, 9.17) is 4.74 Å². The summed E-state index contributed by atoms with van der Waals surface area (Å²) in [4.78, 5) is 27.0. The number of para-hydroxylation sites is 1. The molecule has 1 saturated heterocycles. The van der Waals surface area contributed by atoms with Crippen molar-refractivity contribution in [1.29, 1.82) is 0 Å². The van der Waals surface area contributed by atoms with E-state index in [9.17, 15) is 9.59 Å². The summed E-state index contributed by atoms with van der Waals surface area (Å²) in [5.41, 5.74) is 3.39. The number of rotatable bonds is 8. The maximum Gasteiger partial charge on any atom is 0.255 e. The standard InChI is InChI=1S/C32H39N3O3/c1-31(2)20-25(21-32(3,4)35-31)33-30(37)27(34-29(36)26-13-9-10-14-28(26)38-5)19-22-15-17-24(18-16-22)23-11-7-6-8-12-23/h6-18,25,27,35H,19-21H2,1-5H3,(H,33,37)(H,34,36). The van der Waals surface area contributed by atoms with Crippen molar-refractivity contribution >= 4 is 11.8 Å². The number of nitrogens with one attached hydrogen (secondary N) is 3. The highest BCUT2D eigenvalue weighted by molar-refractivity contribution is 5.99. The molecule has 1 heterocycles. The number of ether oxygens (including phenoxy) is 1. The van der Waals surface area contributed by atoms with Crippen LogP contribution in [0.15, 0.2) is 78.9 Å². The predicted molar refractivity (Wildman–Crippen MR) is 152 cm³/mol. The van der Waals surface area contributed by atoms with E-state index >= 15 is 0 Å². The van der Waals surface area contributed by atoms with Gasteiger partial charge in [-0.1, -0.05) is 66.7 Å². The third kappa shape index (κ3) is 7.01. The highest BCUT2D eigenvalue weighted by atomic mass is 16.5. The summed E-state index contributed by atoms with van der Waals surface area (Å²) in [6, 6.07) is 24.6. The second kappa shape index (κ2) is 11.4. The van der Waals surface area contributed by atoms with E-state index in [2.05, 4.69) is 67.9 Å². The number of carbonyl (C=O) groups is 2. The Balaban J connectivity index is 1.55. The molecule has 2 amide bonds. The Morgan fingerprint density at radius 2 is 1.45 bits per heavy atom. The van der Waals surface area contributed by atoms with Crippen LogP contribution in [0.5, 0.6) is 5.75 Å². The molecule has 38 heavy (non-hydrogen) atoms. The molecule has 0 aliphatic carbocycles. The van der Waals surface area contributed by atoms with Crippen molar-refractivity contribution in [2.75, 3.05) is 7.11 Å². The summed E-state index contributed by atoms with van der Waals surface area (Å²) in [6.07, 6.45) is 1.99. The van der Waals surface area contributed by atoms with E-state index < -0.39 is 6.04 Å². The summed E-state index contributed by atoms with van der Waals surface area (Å²) >= 11 is 0. The first kappa shape index (κ1) is 27.4. The van der Waals surface area contributed by atoms with E-state index in [0.29, 0.717) is 17.7 Å². The molecule has 4 rings (SSSR count). The van der Waals surface area contributed by atoms with Gasteiger partial charge in [0.2, 0.25) is 5.91 Å². The molecule has 3 aromatic rings. The number of amides is 2. The van der Waals surface area contributed by atoms with Gasteiger partial charge in [0.05, 0.1) is 12.7 Å². The van der Waals surface area contributed by atoms with Gasteiger partial charge < -0.3 is 20.7 Å². The second-order valence-electron chi connectivity index (χ2n) is 11.5. The van der Waals surface area contributed by atoms with Gasteiger partial charge in [-0.25, -0.2) is 0 Å². The molecule has 1 unspecified atom stereocenters. The molecule has 1 fully saturated rings. The Kier molecular flexibility index (Phi) is 8.22. The van der Waals surface area contributed by atoms with Crippen LogP contribution in [-0.2, 0) is 11.2 Å². The topological polar surface area (TPSA) is 79.5 Å². The van der Waals surface area contributed by atoms with Gasteiger partial charge in [-0.3, -0.25) is 9.59 Å². The lowest BCUT2D eigenvalue weighted by Crippen LogP contribution is -2.63. The van der Waals surface area contributed by atoms with Crippen LogP contribution in [0.1, 0.15) is 56.5 Å². The van der Waals surface area contributed by atoms with Crippen LogP contribution in [0.2, 0.25) is 0 Å². The minimum atomic E-state index is -0.740. The van der Waals surface area contributed by atoms with E-state index in [0.717, 1.165) is 29.5 Å². The van der Waals surface area contributed by atoms with Gasteiger partial charge in [0.25, 0.3) is 5.91 Å². The van der Waals surface area contributed by atoms with Crippen molar-refractivity contribution in [3.63, 3.8) is 0 Å². The molecule has 0 saturated carbocycles. The number of hydrogen-bond acceptors (Lipinski definition) is 4. The average molecular weight is 514 g/mol. The van der Waals surface area contributed by atoms with Crippen LogP contribution in [0, 0.1) is 0 Å². The highest BCUT2D eigenvalue weighted by Gasteiger charge is 2.39. The maximum atomic E-state index is 13.7. The second-order valence-corrected chi connectivity index (χ2v) is 11.5. The predicted octanol–water partition coefficient (Wildman–Crippen LogP) is 5.13. The van der Waals surface area contributed by atoms with Crippen molar-refractivity contribution < 1.29 is 14.3 Å². The molecule has 1 aliphatic rings. The quantitative estimate of drug-likeness (QED) is 0.390. The SMILES string of the molecule is COc1ccccc1C(=O)NC(Cc1ccc(-c2ccccc2)cc1)C(=O)NC1CC(C)(C)NC(C)(C)C1. The molecule has 6 nitrogen and oxygen atoms in total. The third-order valence-corrected chi connectivity index (χ3v) is 7.01. The normalized spacial score (nSPS) is 17.3. The number of benzene rings is 3. The maximum absolute atomic E-state index is 13.7. The van der Waals surface area contributed by atoms with Gasteiger partial charge >= 0.3 is 0 Å². The lowest BCUT2D eigenvalue weighted by atomic mass is 9.79. The van der Waals surface area contributed by atoms with Gasteiger partial charge in [0.15, 0.2) is 0 Å². The van der Waals surface area contributed by atoms with Gasteiger partial charge in [-0.15, -0.1) is 0 Å². The Bertz CT molecular complexity index is 1240. The van der Waals surface area contributed by atoms with Crippen LogP contribution in [-0.4, -0.2) is 42.1 Å². The molecule has 1 atom stereocenters. The summed E-state index contributed by atoms with van der Waals surface area (Å²) < 4.78 is 5.38. The van der Waals surface area contributed by atoms with Crippen LogP contribution in [0.3, 0.4) is 0 Å². The molecule has 3 N–H and O–H groups in total. The fourth-order valence-electron chi connectivity index (χ4n) is 5.70. The van der Waals surface area contributed by atoms with E-state index in [1.807, 2.05) is 36.4 Å². The number of methoxy groups -OCH3 is 1. The van der Waals surface area contributed by atoms with Crippen molar-refractivity contribution in [3.8, 4) is 16.9 Å². The number of piperidine rings is 1. The fourth-order valence-corrected chi connectivity index (χ4v) is 5.70. The summed E-state index contributed by atoms with van der Waals surface area (Å²) in [5.74, 6) is -0.0495. The van der Waals surface area contributed by atoms with Gasteiger partial charge in [0, 0.05) is 23.5 Å². The lowest BCUT2D eigenvalue weighted by Gasteiger charge is -2.46. The summed E-state index contributed by atoms with van der Waals surface area (Å²) in [7, 11) is 1.53. The fraction of sp³-hybridized carbons (Fsp3) is 0.375. The minimum absolute atomic E-state index is 0.000120. The largest absolute Gasteiger partial charge is 0.496 e. The molecule has 200 valence electrons. The zero-order chi connectivity index (χ0) is 27.3. The molecule has 0 radical (unpaired) electrons. The third-order valence-electron chi connectivity index (χ3n) is 7.01. The molecule has 0 spiro atoms. The van der Waals surface area contributed by atoms with Crippen LogP contribution in [0.4, 0.5) is 0 Å². The molecule has 0 aromatic heterocycles. The average Bonchev–Trinajstić information content (AvgIpc) is 2.87. The number of hydrogen-bond donors (Lipinski definition) is 3. The zero-order valence-corrected chi connectivity index (χ0v) is 23.0. The Morgan fingerprint density at radius 3 is 2.08 bits per heavy atom. The van der Waals surface area contributed by atoms with E-state index in [1.165, 1.54) is 7.11 Å². The molecular weight excluding hydrogens is 474 g/mol. The molecular formula is C32H39N3O3. The first-order valence-electron chi connectivity index (χ1n) is 13.2. The first-order valence-corrected chi connectivity index (χ1v) is 13.2. The van der Waals surface area contributed by atoms with Crippen LogP contribution >= 0.6 is 0 Å². The molecule has 1 aliphatic heterocycles. The Morgan fingerprint density at radius 1 is 0.868 bits per heavy atom. The van der Waals surface area contributed by atoms with E-state index in [1.54, 1.807) is 18.2 Å². The van der Waals surface area contributed by atoms with Crippen LogP contribution < -0.4 is 20.7 Å². The summed E-state index contributed by atoms with van der Waals surface area (Å²) in [6.45, 7) is 8.62. The van der Waals surface area contributed by atoms with Crippen molar-refractivity contribution in [3.05, 3.63) is 90.0 Å². The summed E-state index contributed by atoms with van der Waals surface area (Å²) in [5, 5.41) is 9.89. The van der Waals surface area contributed by atoms with Crippen LogP contribution in [0.25, 0.3) is 11.1 Å². The van der Waals surface area contributed by atoms with Gasteiger partial charge in [0.1, 0.15) is 11.8 Å². The van der Waals surface area contributed by atoms with E-state index in [-0.39, 0.29) is 28.9 Å². The monoisotopic (exact) mass is 513 g/mol.